The van der Waals surface area contributed by atoms with E-state index in [9.17, 15) is 0 Å². The monoisotopic (exact) mass is 267 g/mol. The van der Waals surface area contributed by atoms with Crippen molar-refractivity contribution < 1.29 is 4.84 Å². The average molecular weight is 268 g/mol. The van der Waals surface area contributed by atoms with Crippen LogP contribution in [-0.2, 0) is 4.84 Å². The van der Waals surface area contributed by atoms with Crippen LogP contribution in [0.4, 0.5) is 0 Å². The van der Waals surface area contributed by atoms with Gasteiger partial charge < -0.3 is 10.6 Å². The minimum absolute atomic E-state index is 0. The summed E-state index contributed by atoms with van der Waals surface area (Å²) in [7, 11) is 0. The summed E-state index contributed by atoms with van der Waals surface area (Å²) in [6.07, 6.45) is 1.67. The fourth-order valence-corrected chi connectivity index (χ4v) is 1.62. The van der Waals surface area contributed by atoms with Crippen molar-refractivity contribution in [2.45, 2.75) is 32.3 Å². The number of halogens is 1. The number of nitrogens with one attached hydrogen (secondary N) is 1. The molecule has 1 atom stereocenters. The summed E-state index contributed by atoms with van der Waals surface area (Å²) < 4.78 is 0. The molecule has 0 amide bonds. The molecule has 3 N–H and O–H groups in total. The van der Waals surface area contributed by atoms with Gasteiger partial charge in [0.1, 0.15) is 10.6 Å². The second-order valence-corrected chi connectivity index (χ2v) is 4.14. The number of nitrogens with two attached hydrogens (primary N) is 1. The number of hydrogen-bond donors (Lipinski definition) is 2. The Labute approximate surface area is 92.5 Å². The number of nitrogens with zero attached hydrogens (tertiary/aromatic N) is 1. The predicted octanol–water partition coefficient (Wildman–Crippen LogP) is 2.09. The molecule has 0 saturated heterocycles. The first-order valence-corrected chi connectivity index (χ1v) is 4.64. The SMILES string of the molecule is Br.CCC1(C)CC(SC(=N)N)=NO1. The van der Waals surface area contributed by atoms with E-state index in [1.807, 2.05) is 6.92 Å². The molecule has 0 saturated carbocycles. The van der Waals surface area contributed by atoms with Crippen molar-refractivity contribution in [2.75, 3.05) is 0 Å². The maximum Gasteiger partial charge on any atom is 0.157 e. The zero-order valence-corrected chi connectivity index (χ0v) is 10.2. The van der Waals surface area contributed by atoms with Gasteiger partial charge in [0.25, 0.3) is 0 Å². The highest BCUT2D eigenvalue weighted by molar-refractivity contribution is 8.93. The van der Waals surface area contributed by atoms with Gasteiger partial charge in [0, 0.05) is 6.42 Å². The van der Waals surface area contributed by atoms with Crippen LogP contribution < -0.4 is 5.73 Å². The number of thioether (sulfide) groups is 1. The van der Waals surface area contributed by atoms with E-state index in [1.165, 1.54) is 11.8 Å². The highest BCUT2D eigenvalue weighted by Gasteiger charge is 2.32. The molecule has 1 unspecified atom stereocenters. The Kier molecular flexibility index (Phi) is 4.77. The highest BCUT2D eigenvalue weighted by Crippen LogP contribution is 2.30. The number of amidine groups is 1. The molecule has 1 aliphatic rings. The van der Waals surface area contributed by atoms with E-state index < -0.39 is 0 Å². The second-order valence-electron chi connectivity index (χ2n) is 3.02. The molecule has 0 spiro atoms. The molecule has 13 heavy (non-hydrogen) atoms. The van der Waals surface area contributed by atoms with E-state index >= 15 is 0 Å². The normalized spacial score (nSPS) is 25.8. The van der Waals surface area contributed by atoms with E-state index in [2.05, 4.69) is 12.1 Å². The van der Waals surface area contributed by atoms with Crippen LogP contribution in [0.3, 0.4) is 0 Å². The van der Waals surface area contributed by atoms with Crippen LogP contribution in [0.1, 0.15) is 26.7 Å². The van der Waals surface area contributed by atoms with Gasteiger partial charge in [-0.25, -0.2) is 0 Å². The zero-order chi connectivity index (χ0) is 9.19. The van der Waals surface area contributed by atoms with Crippen LogP contribution in [0.5, 0.6) is 0 Å². The van der Waals surface area contributed by atoms with Crippen LogP contribution >= 0.6 is 28.7 Å². The molecule has 0 radical (unpaired) electrons. The molecule has 1 heterocycles. The average Bonchev–Trinajstić information content (AvgIpc) is 2.32. The zero-order valence-electron chi connectivity index (χ0n) is 7.66. The summed E-state index contributed by atoms with van der Waals surface area (Å²) in [5.74, 6) is 0. The van der Waals surface area contributed by atoms with Crippen molar-refractivity contribution in [3.8, 4) is 0 Å². The van der Waals surface area contributed by atoms with Gasteiger partial charge in [0.2, 0.25) is 0 Å². The summed E-state index contributed by atoms with van der Waals surface area (Å²) >= 11 is 1.17. The molecule has 0 aromatic heterocycles. The van der Waals surface area contributed by atoms with E-state index in [0.717, 1.165) is 17.9 Å². The molecule has 1 rings (SSSR count). The summed E-state index contributed by atoms with van der Waals surface area (Å²) in [4.78, 5) is 5.22. The number of hydrogen-bond acceptors (Lipinski definition) is 4. The Morgan fingerprint density at radius 1 is 1.85 bits per heavy atom. The highest BCUT2D eigenvalue weighted by atomic mass is 79.9. The lowest BCUT2D eigenvalue weighted by molar-refractivity contribution is -0.00604. The van der Waals surface area contributed by atoms with Crippen LogP contribution in [0, 0.1) is 5.41 Å². The topological polar surface area (TPSA) is 71.5 Å². The molecule has 1 aliphatic heterocycles. The quantitative estimate of drug-likeness (QED) is 0.565. The number of rotatable bonds is 1. The minimum Gasteiger partial charge on any atom is -0.388 e. The Bertz CT molecular complexity index is 234. The first-order chi connectivity index (χ1) is 5.56. The summed E-state index contributed by atoms with van der Waals surface area (Å²) in [6, 6.07) is 0. The molecule has 0 aliphatic carbocycles. The summed E-state index contributed by atoms with van der Waals surface area (Å²) in [6.45, 7) is 4.06. The lowest BCUT2D eigenvalue weighted by Crippen LogP contribution is -2.23. The molecular weight excluding hydrogens is 254 g/mol. The van der Waals surface area contributed by atoms with Gasteiger partial charge in [-0.15, -0.1) is 17.0 Å². The van der Waals surface area contributed by atoms with E-state index in [0.29, 0.717) is 0 Å². The van der Waals surface area contributed by atoms with E-state index in [4.69, 9.17) is 16.0 Å². The molecule has 0 fully saturated rings. The summed E-state index contributed by atoms with van der Waals surface area (Å²) in [5, 5.41) is 11.8. The van der Waals surface area contributed by atoms with Gasteiger partial charge >= 0.3 is 0 Å². The van der Waals surface area contributed by atoms with E-state index in [-0.39, 0.29) is 27.8 Å². The van der Waals surface area contributed by atoms with Crippen LogP contribution in [0.25, 0.3) is 0 Å². The van der Waals surface area contributed by atoms with Gasteiger partial charge in [0.05, 0.1) is 0 Å². The Morgan fingerprint density at radius 2 is 2.46 bits per heavy atom. The van der Waals surface area contributed by atoms with Crippen LogP contribution in [-0.4, -0.2) is 15.8 Å². The first-order valence-electron chi connectivity index (χ1n) is 3.82. The van der Waals surface area contributed by atoms with Crippen LogP contribution in [0.2, 0.25) is 0 Å². The maximum atomic E-state index is 7.05. The second kappa shape index (κ2) is 4.85. The van der Waals surface area contributed by atoms with Gasteiger partial charge in [-0.1, -0.05) is 12.1 Å². The standard InChI is InChI=1S/C7H13N3OS.BrH/c1-3-7(2)4-5(10-11-7)12-6(8)9;/h3-4H2,1-2H3,(H3,8,9);1H. The van der Waals surface area contributed by atoms with Crippen molar-refractivity contribution in [3.05, 3.63) is 0 Å². The first kappa shape index (κ1) is 12.8. The smallest absolute Gasteiger partial charge is 0.157 e. The van der Waals surface area contributed by atoms with Crippen LogP contribution in [0.15, 0.2) is 5.16 Å². The lowest BCUT2D eigenvalue weighted by Gasteiger charge is -2.17. The Morgan fingerprint density at radius 3 is 2.85 bits per heavy atom. The third-order valence-corrected chi connectivity index (χ3v) is 2.54. The molecule has 0 aromatic rings. The number of oxime groups is 1. The van der Waals surface area contributed by atoms with Crippen molar-refractivity contribution in [2.24, 2.45) is 10.9 Å². The molecule has 76 valence electrons. The molecule has 0 bridgehead atoms. The fraction of sp³-hybridized carbons (Fsp3) is 0.714. The van der Waals surface area contributed by atoms with Gasteiger partial charge in [-0.2, -0.15) is 0 Å². The van der Waals surface area contributed by atoms with Crippen molar-refractivity contribution in [1.29, 1.82) is 5.41 Å². The lowest BCUT2D eigenvalue weighted by atomic mass is 10.0. The maximum absolute atomic E-state index is 7.05. The molecular formula is C7H14BrN3OS. The molecule has 6 heteroatoms. The largest absolute Gasteiger partial charge is 0.388 e. The predicted molar refractivity (Wildman–Crippen MR) is 61.7 cm³/mol. The Balaban J connectivity index is 0.00000144. The third-order valence-electron chi connectivity index (χ3n) is 1.87. The van der Waals surface area contributed by atoms with Crippen molar-refractivity contribution in [3.63, 3.8) is 0 Å². The van der Waals surface area contributed by atoms with E-state index in [1.54, 1.807) is 0 Å². The van der Waals surface area contributed by atoms with Gasteiger partial charge in [-0.3, -0.25) is 5.41 Å². The Hall–Kier alpha value is -0.230. The molecule has 4 nitrogen and oxygen atoms in total. The van der Waals surface area contributed by atoms with Gasteiger partial charge in [0.15, 0.2) is 5.17 Å². The fourth-order valence-electron chi connectivity index (χ4n) is 0.917. The van der Waals surface area contributed by atoms with Crippen molar-refractivity contribution >= 4 is 39.0 Å². The van der Waals surface area contributed by atoms with Crippen molar-refractivity contribution in [1.82, 2.24) is 0 Å². The van der Waals surface area contributed by atoms with Gasteiger partial charge in [-0.05, 0) is 25.1 Å². The summed E-state index contributed by atoms with van der Waals surface area (Å²) in [5.41, 5.74) is 5.03. The third kappa shape index (κ3) is 3.56. The minimum atomic E-state index is -0.183. The molecule has 0 aromatic carbocycles.